The van der Waals surface area contributed by atoms with E-state index >= 15 is 0 Å². The van der Waals surface area contributed by atoms with Gasteiger partial charge in [-0.1, -0.05) is 70.4 Å². The number of carbonyl (C=O) groups excluding carboxylic acids is 2. The Morgan fingerprint density at radius 1 is 0.676 bits per heavy atom. The maximum absolute atomic E-state index is 11.7. The predicted molar refractivity (Wildman–Crippen MR) is 144 cm³/mol. The van der Waals surface area contributed by atoms with Gasteiger partial charge in [0, 0.05) is 17.9 Å². The number of carboxylic acid groups (broad SMARTS) is 1. The second-order valence-electron chi connectivity index (χ2n) is 8.27. The molecule has 0 amide bonds. The van der Waals surface area contributed by atoms with Crippen molar-refractivity contribution in [2.24, 2.45) is 0 Å². The summed E-state index contributed by atoms with van der Waals surface area (Å²) in [4.78, 5) is 33.7. The van der Waals surface area contributed by atoms with Crippen LogP contribution in [-0.2, 0) is 23.9 Å². The third-order valence-corrected chi connectivity index (χ3v) is 7.20. The molecule has 6 nitrogen and oxygen atoms in total. The number of allylic oxidation sites excluding steroid dienone is 2. The van der Waals surface area contributed by atoms with Gasteiger partial charge in [-0.25, -0.2) is 0 Å². The molecule has 0 heterocycles. The molecule has 34 heavy (non-hydrogen) atoms. The maximum atomic E-state index is 11.7. The summed E-state index contributed by atoms with van der Waals surface area (Å²) in [5.74, 6) is 0.251. The molecule has 0 bridgehead atoms. The largest absolute Gasteiger partial charge is 0.481 e. The van der Waals surface area contributed by atoms with Crippen molar-refractivity contribution in [1.82, 2.24) is 0 Å². The van der Waals surface area contributed by atoms with Gasteiger partial charge in [-0.15, -0.1) is 23.5 Å². The van der Waals surface area contributed by atoms with Gasteiger partial charge in [0.1, 0.15) is 13.2 Å². The zero-order valence-electron chi connectivity index (χ0n) is 21.1. The van der Waals surface area contributed by atoms with Gasteiger partial charge in [0.05, 0.1) is 11.5 Å². The fraction of sp³-hybridized carbons (Fsp3) is 0.808. The summed E-state index contributed by atoms with van der Waals surface area (Å²) >= 11 is 2.73. The predicted octanol–water partition coefficient (Wildman–Crippen LogP) is 6.66. The fourth-order valence-electron chi connectivity index (χ4n) is 3.20. The summed E-state index contributed by atoms with van der Waals surface area (Å²) in [6.07, 6.45) is 20.9. The van der Waals surface area contributed by atoms with E-state index in [9.17, 15) is 14.4 Å². The lowest BCUT2D eigenvalue weighted by atomic mass is 10.1. The Kier molecular flexibility index (Phi) is 25.6. The number of hydrogen-bond acceptors (Lipinski definition) is 7. The molecule has 0 aromatic carbocycles. The summed E-state index contributed by atoms with van der Waals surface area (Å²) in [6, 6.07) is 0. The number of thioether (sulfide) groups is 2. The lowest BCUT2D eigenvalue weighted by Crippen LogP contribution is -2.15. The molecule has 0 aliphatic carbocycles. The van der Waals surface area contributed by atoms with Gasteiger partial charge in [0.25, 0.3) is 0 Å². The molecule has 0 rings (SSSR count). The fourth-order valence-corrected chi connectivity index (χ4v) is 4.85. The zero-order chi connectivity index (χ0) is 25.1. The Morgan fingerprint density at radius 2 is 1.18 bits per heavy atom. The highest BCUT2D eigenvalue weighted by Crippen LogP contribution is 2.10. The molecule has 0 aromatic heterocycles. The summed E-state index contributed by atoms with van der Waals surface area (Å²) in [5.41, 5.74) is 0. The number of carbonyl (C=O) groups is 3. The molecule has 198 valence electrons. The van der Waals surface area contributed by atoms with Crippen molar-refractivity contribution in [3.05, 3.63) is 12.2 Å². The van der Waals surface area contributed by atoms with Crippen molar-refractivity contribution in [2.75, 3.05) is 36.2 Å². The van der Waals surface area contributed by atoms with Crippen LogP contribution in [0, 0.1) is 0 Å². The van der Waals surface area contributed by atoms with Gasteiger partial charge in [0.15, 0.2) is 0 Å². The molecule has 0 fully saturated rings. The van der Waals surface area contributed by atoms with Crippen LogP contribution in [0.1, 0.15) is 96.8 Å². The Bertz CT molecular complexity index is 539. The standard InChI is InChI=1S/C26H46O6S2/c1-2-3-4-5-6-7-8-9-10-11-12-13-14-15-16-17-25(29)31-18-19-32-26(30)23-34-21-20-33-22-24(27)28/h9-10H,2-8,11-23H2,1H3,(H,27,28)/b10-9-. The topological polar surface area (TPSA) is 89.9 Å². The number of carboxylic acids is 1. The SMILES string of the molecule is CCCCCCCC/C=C\CCCCCCCC(=O)OCCOC(=O)CSCCSCC(=O)O. The number of rotatable bonds is 25. The van der Waals surface area contributed by atoms with Gasteiger partial charge >= 0.3 is 17.9 Å². The molecule has 0 saturated carbocycles. The van der Waals surface area contributed by atoms with Crippen LogP contribution in [0.4, 0.5) is 0 Å². The molecule has 0 aliphatic rings. The third kappa shape index (κ3) is 27.1. The first-order chi connectivity index (χ1) is 16.6. The number of aliphatic carboxylic acids is 1. The molecule has 8 heteroatoms. The molecule has 0 spiro atoms. The Morgan fingerprint density at radius 3 is 1.76 bits per heavy atom. The van der Waals surface area contributed by atoms with Gasteiger partial charge in [-0.2, -0.15) is 0 Å². The molecular weight excluding hydrogens is 472 g/mol. The normalized spacial score (nSPS) is 11.1. The maximum Gasteiger partial charge on any atom is 0.316 e. The second-order valence-corrected chi connectivity index (χ2v) is 10.5. The molecule has 0 saturated heterocycles. The lowest BCUT2D eigenvalue weighted by Gasteiger charge is -2.06. The van der Waals surface area contributed by atoms with E-state index in [1.165, 1.54) is 81.3 Å². The average Bonchev–Trinajstić information content (AvgIpc) is 2.81. The van der Waals surface area contributed by atoms with Crippen LogP contribution in [0.5, 0.6) is 0 Å². The van der Waals surface area contributed by atoms with E-state index in [0.29, 0.717) is 17.9 Å². The van der Waals surface area contributed by atoms with E-state index in [0.717, 1.165) is 25.7 Å². The molecule has 0 atom stereocenters. The van der Waals surface area contributed by atoms with Gasteiger partial charge in [-0.3, -0.25) is 14.4 Å². The van der Waals surface area contributed by atoms with E-state index < -0.39 is 5.97 Å². The van der Waals surface area contributed by atoms with E-state index in [4.69, 9.17) is 14.6 Å². The number of esters is 2. The van der Waals surface area contributed by atoms with Crippen molar-refractivity contribution in [1.29, 1.82) is 0 Å². The third-order valence-electron chi connectivity index (χ3n) is 5.07. The summed E-state index contributed by atoms with van der Waals surface area (Å²) in [6.45, 7) is 2.42. The van der Waals surface area contributed by atoms with E-state index in [1.807, 2.05) is 0 Å². The molecule has 0 radical (unpaired) electrons. The van der Waals surface area contributed by atoms with Crippen molar-refractivity contribution in [3.8, 4) is 0 Å². The van der Waals surface area contributed by atoms with Crippen LogP contribution in [0.2, 0.25) is 0 Å². The first kappa shape index (κ1) is 32.8. The van der Waals surface area contributed by atoms with Crippen molar-refractivity contribution in [3.63, 3.8) is 0 Å². The van der Waals surface area contributed by atoms with Crippen LogP contribution >= 0.6 is 23.5 Å². The summed E-state index contributed by atoms with van der Waals surface area (Å²) in [7, 11) is 0. The van der Waals surface area contributed by atoms with Gasteiger partial charge in [-0.05, 0) is 32.1 Å². The summed E-state index contributed by atoms with van der Waals surface area (Å²) in [5, 5.41) is 8.53. The zero-order valence-corrected chi connectivity index (χ0v) is 22.7. The highest BCUT2D eigenvalue weighted by atomic mass is 32.2. The van der Waals surface area contributed by atoms with Gasteiger partial charge < -0.3 is 14.6 Å². The van der Waals surface area contributed by atoms with Crippen LogP contribution < -0.4 is 0 Å². The quantitative estimate of drug-likeness (QED) is 0.0815. The molecule has 1 N–H and O–H groups in total. The smallest absolute Gasteiger partial charge is 0.316 e. The van der Waals surface area contributed by atoms with Crippen LogP contribution in [0.3, 0.4) is 0 Å². The van der Waals surface area contributed by atoms with Gasteiger partial charge in [0.2, 0.25) is 0 Å². The van der Waals surface area contributed by atoms with Crippen molar-refractivity contribution in [2.45, 2.75) is 96.8 Å². The minimum Gasteiger partial charge on any atom is -0.481 e. The highest BCUT2D eigenvalue weighted by molar-refractivity contribution is 8.03. The van der Waals surface area contributed by atoms with E-state index in [2.05, 4.69) is 19.1 Å². The second kappa shape index (κ2) is 26.5. The average molecular weight is 519 g/mol. The van der Waals surface area contributed by atoms with Crippen LogP contribution in [-0.4, -0.2) is 59.2 Å². The molecule has 0 aliphatic heterocycles. The van der Waals surface area contributed by atoms with Crippen LogP contribution in [0.25, 0.3) is 0 Å². The van der Waals surface area contributed by atoms with E-state index in [-0.39, 0.29) is 36.7 Å². The number of hydrogen-bond donors (Lipinski definition) is 1. The molecule has 0 aromatic rings. The molecule has 0 unspecified atom stereocenters. The first-order valence-corrected chi connectivity index (χ1v) is 15.2. The minimum atomic E-state index is -0.832. The Balaban J connectivity index is 3.34. The van der Waals surface area contributed by atoms with Crippen LogP contribution in [0.15, 0.2) is 12.2 Å². The Hall–Kier alpha value is -1.15. The summed E-state index contributed by atoms with van der Waals surface area (Å²) < 4.78 is 10.1. The lowest BCUT2D eigenvalue weighted by molar-refractivity contribution is -0.150. The van der Waals surface area contributed by atoms with Crippen molar-refractivity contribution < 1.29 is 29.0 Å². The van der Waals surface area contributed by atoms with Crippen molar-refractivity contribution >= 4 is 41.4 Å². The molecular formula is C26H46O6S2. The van der Waals surface area contributed by atoms with E-state index in [1.54, 1.807) is 0 Å². The monoisotopic (exact) mass is 518 g/mol. The Labute approximate surface area is 215 Å². The first-order valence-electron chi connectivity index (χ1n) is 12.9. The highest BCUT2D eigenvalue weighted by Gasteiger charge is 2.06. The number of unbranched alkanes of at least 4 members (excludes halogenated alkanes) is 11. The number of ether oxygens (including phenoxy) is 2. The minimum absolute atomic E-state index is 0.0747.